The maximum atomic E-state index is 6.12. The number of hydrogen-bond acceptors (Lipinski definition) is 2. The van der Waals surface area contributed by atoms with Crippen molar-refractivity contribution in [3.63, 3.8) is 0 Å². The summed E-state index contributed by atoms with van der Waals surface area (Å²) in [4.78, 5) is 0. The molecule has 4 heteroatoms. The van der Waals surface area contributed by atoms with Crippen molar-refractivity contribution in [2.75, 3.05) is 7.05 Å². The average molecular weight is 296 g/mol. The summed E-state index contributed by atoms with van der Waals surface area (Å²) < 4.78 is 5.89. The summed E-state index contributed by atoms with van der Waals surface area (Å²) in [5.41, 5.74) is 1.08. The minimum absolute atomic E-state index is 0.197. The standard InChI is InChI=1S/C15H15Cl2NO/c1-10(18-2)12-5-3-4-6-14(12)19-15-8-7-11(16)9-13(15)17/h3-10,18H,1-2H3. The van der Waals surface area contributed by atoms with Gasteiger partial charge in [0.15, 0.2) is 0 Å². The molecule has 0 heterocycles. The third kappa shape index (κ3) is 3.41. The molecule has 0 bridgehead atoms. The van der Waals surface area contributed by atoms with Crippen LogP contribution in [0.15, 0.2) is 42.5 Å². The van der Waals surface area contributed by atoms with Gasteiger partial charge < -0.3 is 10.1 Å². The SMILES string of the molecule is CNC(C)c1ccccc1Oc1ccc(Cl)cc1Cl. The van der Waals surface area contributed by atoms with Gasteiger partial charge in [-0.3, -0.25) is 0 Å². The Labute approximate surface area is 123 Å². The van der Waals surface area contributed by atoms with E-state index in [1.54, 1.807) is 18.2 Å². The minimum Gasteiger partial charge on any atom is -0.455 e. The number of para-hydroxylation sites is 1. The summed E-state index contributed by atoms with van der Waals surface area (Å²) in [6.07, 6.45) is 0. The molecule has 0 aliphatic heterocycles. The van der Waals surface area contributed by atoms with E-state index in [1.807, 2.05) is 31.3 Å². The van der Waals surface area contributed by atoms with Gasteiger partial charge in [0.05, 0.1) is 5.02 Å². The lowest BCUT2D eigenvalue weighted by Gasteiger charge is -2.16. The van der Waals surface area contributed by atoms with E-state index in [9.17, 15) is 0 Å². The first-order chi connectivity index (χ1) is 9.11. The first-order valence-corrected chi connectivity index (χ1v) is 6.76. The number of ether oxygens (including phenoxy) is 1. The summed E-state index contributed by atoms with van der Waals surface area (Å²) in [6, 6.07) is 13.3. The Balaban J connectivity index is 2.33. The molecule has 19 heavy (non-hydrogen) atoms. The molecule has 0 saturated heterocycles. The molecule has 1 unspecified atom stereocenters. The number of halogens is 2. The lowest BCUT2D eigenvalue weighted by atomic mass is 10.1. The Morgan fingerprint density at radius 1 is 1.05 bits per heavy atom. The summed E-state index contributed by atoms with van der Waals surface area (Å²) in [5, 5.41) is 4.29. The van der Waals surface area contributed by atoms with Gasteiger partial charge >= 0.3 is 0 Å². The molecule has 0 aromatic heterocycles. The van der Waals surface area contributed by atoms with Gasteiger partial charge in [0.1, 0.15) is 11.5 Å². The highest BCUT2D eigenvalue weighted by Gasteiger charge is 2.11. The molecule has 0 aliphatic rings. The van der Waals surface area contributed by atoms with Gasteiger partial charge in [0, 0.05) is 16.6 Å². The zero-order chi connectivity index (χ0) is 13.8. The molecule has 0 radical (unpaired) electrons. The molecule has 0 aliphatic carbocycles. The number of benzene rings is 2. The van der Waals surface area contributed by atoms with Crippen LogP contribution in [0.4, 0.5) is 0 Å². The van der Waals surface area contributed by atoms with Crippen LogP contribution in [0.2, 0.25) is 10.0 Å². The normalized spacial score (nSPS) is 12.2. The quantitative estimate of drug-likeness (QED) is 0.850. The Hall–Kier alpha value is -1.22. The van der Waals surface area contributed by atoms with Crippen LogP contribution in [0, 0.1) is 0 Å². The van der Waals surface area contributed by atoms with Crippen LogP contribution in [0.3, 0.4) is 0 Å². The van der Waals surface area contributed by atoms with E-state index in [2.05, 4.69) is 12.2 Å². The highest BCUT2D eigenvalue weighted by Crippen LogP contribution is 2.34. The van der Waals surface area contributed by atoms with Crippen molar-refractivity contribution < 1.29 is 4.74 Å². The lowest BCUT2D eigenvalue weighted by Crippen LogP contribution is -2.13. The van der Waals surface area contributed by atoms with E-state index in [4.69, 9.17) is 27.9 Å². The second-order valence-electron chi connectivity index (χ2n) is 4.22. The van der Waals surface area contributed by atoms with Crippen molar-refractivity contribution in [1.82, 2.24) is 5.32 Å². The first kappa shape index (κ1) is 14.2. The highest BCUT2D eigenvalue weighted by atomic mass is 35.5. The Bertz CT molecular complexity index is 572. The van der Waals surface area contributed by atoms with Gasteiger partial charge in [-0.15, -0.1) is 0 Å². The Morgan fingerprint density at radius 3 is 2.47 bits per heavy atom. The molecular formula is C15H15Cl2NO. The fraction of sp³-hybridized carbons (Fsp3) is 0.200. The molecule has 0 fully saturated rings. The topological polar surface area (TPSA) is 21.3 Å². The maximum Gasteiger partial charge on any atom is 0.146 e. The Morgan fingerprint density at radius 2 is 1.79 bits per heavy atom. The molecule has 0 saturated carbocycles. The van der Waals surface area contributed by atoms with E-state index in [-0.39, 0.29) is 6.04 Å². The second kappa shape index (κ2) is 6.29. The molecule has 100 valence electrons. The molecule has 0 amide bonds. The molecular weight excluding hydrogens is 281 g/mol. The van der Waals surface area contributed by atoms with Crippen LogP contribution in [-0.2, 0) is 0 Å². The van der Waals surface area contributed by atoms with Crippen molar-refractivity contribution in [1.29, 1.82) is 0 Å². The predicted octanol–water partition coefficient (Wildman–Crippen LogP) is 5.07. The molecule has 2 nitrogen and oxygen atoms in total. The average Bonchev–Trinajstić information content (AvgIpc) is 2.41. The van der Waals surface area contributed by atoms with Gasteiger partial charge in [0.25, 0.3) is 0 Å². The molecule has 0 spiro atoms. The van der Waals surface area contributed by atoms with E-state index in [1.165, 1.54) is 0 Å². The van der Waals surface area contributed by atoms with E-state index < -0.39 is 0 Å². The maximum absolute atomic E-state index is 6.12. The molecule has 1 atom stereocenters. The lowest BCUT2D eigenvalue weighted by molar-refractivity contribution is 0.466. The van der Waals surface area contributed by atoms with Crippen LogP contribution in [-0.4, -0.2) is 7.05 Å². The van der Waals surface area contributed by atoms with Gasteiger partial charge in [-0.05, 0) is 38.2 Å². The smallest absolute Gasteiger partial charge is 0.146 e. The fourth-order valence-corrected chi connectivity index (χ4v) is 2.21. The van der Waals surface area contributed by atoms with Gasteiger partial charge in [-0.25, -0.2) is 0 Å². The van der Waals surface area contributed by atoms with Crippen molar-refractivity contribution in [3.05, 3.63) is 58.1 Å². The monoisotopic (exact) mass is 295 g/mol. The van der Waals surface area contributed by atoms with Crippen LogP contribution in [0.25, 0.3) is 0 Å². The highest BCUT2D eigenvalue weighted by molar-refractivity contribution is 6.35. The minimum atomic E-state index is 0.197. The third-order valence-corrected chi connectivity index (χ3v) is 3.46. The van der Waals surface area contributed by atoms with Crippen LogP contribution < -0.4 is 10.1 Å². The van der Waals surface area contributed by atoms with Crippen LogP contribution in [0.1, 0.15) is 18.5 Å². The summed E-state index contributed by atoms with van der Waals surface area (Å²) >= 11 is 12.0. The van der Waals surface area contributed by atoms with Crippen LogP contribution >= 0.6 is 23.2 Å². The van der Waals surface area contributed by atoms with Crippen molar-refractivity contribution in [2.45, 2.75) is 13.0 Å². The second-order valence-corrected chi connectivity index (χ2v) is 5.07. The van der Waals surface area contributed by atoms with Crippen LogP contribution in [0.5, 0.6) is 11.5 Å². The van der Waals surface area contributed by atoms with E-state index in [0.717, 1.165) is 11.3 Å². The largest absolute Gasteiger partial charge is 0.455 e. The third-order valence-electron chi connectivity index (χ3n) is 2.93. The number of hydrogen-bond donors (Lipinski definition) is 1. The molecule has 2 rings (SSSR count). The number of nitrogens with one attached hydrogen (secondary N) is 1. The van der Waals surface area contributed by atoms with E-state index in [0.29, 0.717) is 15.8 Å². The summed E-state index contributed by atoms with van der Waals surface area (Å²) in [5.74, 6) is 1.38. The van der Waals surface area contributed by atoms with Crippen molar-refractivity contribution in [2.24, 2.45) is 0 Å². The summed E-state index contributed by atoms with van der Waals surface area (Å²) in [6.45, 7) is 2.08. The van der Waals surface area contributed by atoms with Gasteiger partial charge in [-0.1, -0.05) is 41.4 Å². The van der Waals surface area contributed by atoms with Gasteiger partial charge in [-0.2, -0.15) is 0 Å². The predicted molar refractivity (Wildman–Crippen MR) is 80.5 cm³/mol. The fourth-order valence-electron chi connectivity index (χ4n) is 1.76. The van der Waals surface area contributed by atoms with Crippen molar-refractivity contribution >= 4 is 23.2 Å². The van der Waals surface area contributed by atoms with E-state index >= 15 is 0 Å². The molecule has 1 N–H and O–H groups in total. The van der Waals surface area contributed by atoms with Crippen molar-refractivity contribution in [3.8, 4) is 11.5 Å². The Kier molecular flexibility index (Phi) is 4.70. The number of rotatable bonds is 4. The molecule has 2 aromatic rings. The zero-order valence-electron chi connectivity index (χ0n) is 10.8. The molecule has 2 aromatic carbocycles. The summed E-state index contributed by atoms with van der Waals surface area (Å²) in [7, 11) is 1.91. The van der Waals surface area contributed by atoms with Gasteiger partial charge in [0.2, 0.25) is 0 Å². The zero-order valence-corrected chi connectivity index (χ0v) is 12.3. The first-order valence-electron chi connectivity index (χ1n) is 6.01.